The van der Waals surface area contributed by atoms with E-state index in [1.165, 1.54) is 66.6 Å². The van der Waals surface area contributed by atoms with Crippen molar-refractivity contribution >= 4 is 11.4 Å². The minimum atomic E-state index is 0.444. The Labute approximate surface area is 157 Å². The van der Waals surface area contributed by atoms with Gasteiger partial charge in [0.2, 0.25) is 0 Å². The van der Waals surface area contributed by atoms with Crippen molar-refractivity contribution in [3.05, 3.63) is 76.9 Å². The zero-order valence-electron chi connectivity index (χ0n) is 15.7. The molecule has 1 saturated carbocycles. The number of rotatable bonds is 3. The number of nitrogens with zero attached hydrogens (tertiary/aromatic N) is 1. The van der Waals surface area contributed by atoms with Crippen molar-refractivity contribution in [3.63, 3.8) is 0 Å². The maximum absolute atomic E-state index is 4.87. The number of fused-ring (bicyclic) bond motifs is 1. The molecule has 0 amide bonds. The summed E-state index contributed by atoms with van der Waals surface area (Å²) in [6.07, 6.45) is 8.73. The third kappa shape index (κ3) is 3.46. The predicted molar refractivity (Wildman–Crippen MR) is 110 cm³/mol. The summed E-state index contributed by atoms with van der Waals surface area (Å²) < 4.78 is 0. The van der Waals surface area contributed by atoms with Crippen LogP contribution >= 0.6 is 0 Å². The molecule has 0 radical (unpaired) electrons. The number of nitrogens with one attached hydrogen (secondary N) is 1. The van der Waals surface area contributed by atoms with Gasteiger partial charge in [-0.3, -0.25) is 5.43 Å². The lowest BCUT2D eigenvalue weighted by molar-refractivity contribution is 0.522. The summed E-state index contributed by atoms with van der Waals surface area (Å²) in [6.45, 7) is 2.21. The minimum absolute atomic E-state index is 0.444. The van der Waals surface area contributed by atoms with Crippen LogP contribution in [0.3, 0.4) is 0 Å². The highest BCUT2D eigenvalue weighted by Crippen LogP contribution is 2.37. The van der Waals surface area contributed by atoms with Crippen molar-refractivity contribution in [3.8, 4) is 0 Å². The third-order valence-electron chi connectivity index (χ3n) is 5.77. The highest BCUT2D eigenvalue weighted by Gasteiger charge is 2.29. The SMILES string of the molecule is CCc1ccc(C2=C3CCCCCCC3C(c3ccccc3)=NN2)cc1. The molecule has 1 fully saturated rings. The van der Waals surface area contributed by atoms with Gasteiger partial charge in [-0.2, -0.15) is 5.10 Å². The standard InChI is InChI=1S/C24H28N2/c1-2-18-14-16-20(17-15-18)24-22-13-9-4-3-8-12-21(22)23(25-26-24)19-10-6-5-7-11-19/h5-7,10-11,14-17,21,26H,2-4,8-9,12-13H2,1H3. The Bertz CT molecular complexity index is 800. The summed E-state index contributed by atoms with van der Waals surface area (Å²) in [5.41, 5.74) is 11.4. The van der Waals surface area contributed by atoms with Crippen LogP contribution in [0, 0.1) is 5.92 Å². The highest BCUT2D eigenvalue weighted by atomic mass is 15.3. The Kier molecular flexibility index (Phi) is 5.19. The Morgan fingerprint density at radius 2 is 1.65 bits per heavy atom. The molecule has 134 valence electrons. The summed E-state index contributed by atoms with van der Waals surface area (Å²) in [7, 11) is 0. The summed E-state index contributed by atoms with van der Waals surface area (Å²) in [4.78, 5) is 0. The fraction of sp³-hybridized carbons (Fsp3) is 0.375. The molecular formula is C24H28N2. The van der Waals surface area contributed by atoms with E-state index in [9.17, 15) is 0 Å². The lowest BCUT2D eigenvalue weighted by Crippen LogP contribution is -2.29. The summed E-state index contributed by atoms with van der Waals surface area (Å²) in [5.74, 6) is 0.444. The van der Waals surface area contributed by atoms with Gasteiger partial charge < -0.3 is 0 Å². The molecule has 26 heavy (non-hydrogen) atoms. The molecule has 1 atom stereocenters. The molecule has 2 heteroatoms. The molecule has 1 aliphatic carbocycles. The van der Waals surface area contributed by atoms with Crippen molar-refractivity contribution in [1.29, 1.82) is 0 Å². The van der Waals surface area contributed by atoms with Crippen LogP contribution in [-0.2, 0) is 6.42 Å². The van der Waals surface area contributed by atoms with Crippen molar-refractivity contribution in [1.82, 2.24) is 5.43 Å². The van der Waals surface area contributed by atoms with Gasteiger partial charge >= 0.3 is 0 Å². The Hall–Kier alpha value is -2.35. The number of allylic oxidation sites excluding steroid dienone is 1. The maximum Gasteiger partial charge on any atom is 0.0751 e. The summed E-state index contributed by atoms with van der Waals surface area (Å²) >= 11 is 0. The van der Waals surface area contributed by atoms with Gasteiger partial charge in [0.1, 0.15) is 0 Å². The minimum Gasteiger partial charge on any atom is -0.278 e. The Balaban J connectivity index is 1.74. The van der Waals surface area contributed by atoms with E-state index in [0.717, 1.165) is 6.42 Å². The van der Waals surface area contributed by atoms with Crippen LogP contribution < -0.4 is 5.43 Å². The van der Waals surface area contributed by atoms with Gasteiger partial charge in [0.25, 0.3) is 0 Å². The van der Waals surface area contributed by atoms with Crippen molar-refractivity contribution < 1.29 is 0 Å². The van der Waals surface area contributed by atoms with E-state index in [-0.39, 0.29) is 0 Å². The van der Waals surface area contributed by atoms with E-state index in [0.29, 0.717) is 5.92 Å². The average molecular weight is 345 g/mol. The summed E-state index contributed by atoms with van der Waals surface area (Å²) in [6, 6.07) is 19.7. The topological polar surface area (TPSA) is 24.4 Å². The Morgan fingerprint density at radius 1 is 0.885 bits per heavy atom. The van der Waals surface area contributed by atoms with Crippen LogP contribution in [0.2, 0.25) is 0 Å². The van der Waals surface area contributed by atoms with Gasteiger partial charge in [-0.05, 0) is 47.9 Å². The van der Waals surface area contributed by atoms with Crippen LogP contribution in [0.5, 0.6) is 0 Å². The van der Waals surface area contributed by atoms with E-state index in [1.54, 1.807) is 5.57 Å². The first-order valence-corrected chi connectivity index (χ1v) is 10.1. The van der Waals surface area contributed by atoms with Crippen LogP contribution in [-0.4, -0.2) is 5.71 Å². The molecule has 1 aliphatic heterocycles. The second-order valence-corrected chi connectivity index (χ2v) is 7.43. The van der Waals surface area contributed by atoms with E-state index in [4.69, 9.17) is 5.10 Å². The van der Waals surface area contributed by atoms with Gasteiger partial charge in [0.15, 0.2) is 0 Å². The molecule has 0 aromatic heterocycles. The molecule has 2 aromatic rings. The van der Waals surface area contributed by atoms with Crippen molar-refractivity contribution in [2.45, 2.75) is 51.9 Å². The quantitative estimate of drug-likeness (QED) is 0.732. The molecule has 1 unspecified atom stereocenters. The first kappa shape index (κ1) is 17.1. The smallest absolute Gasteiger partial charge is 0.0751 e. The van der Waals surface area contributed by atoms with Crippen molar-refractivity contribution in [2.75, 3.05) is 0 Å². The highest BCUT2D eigenvalue weighted by molar-refractivity contribution is 6.05. The molecule has 1 N–H and O–H groups in total. The molecule has 4 rings (SSSR count). The first-order valence-electron chi connectivity index (χ1n) is 10.1. The first-order chi connectivity index (χ1) is 12.9. The Morgan fingerprint density at radius 3 is 2.42 bits per heavy atom. The molecule has 0 spiro atoms. The maximum atomic E-state index is 4.87. The van der Waals surface area contributed by atoms with Gasteiger partial charge in [-0.25, -0.2) is 0 Å². The fourth-order valence-electron chi connectivity index (χ4n) is 4.26. The number of aryl methyl sites for hydroxylation is 1. The lowest BCUT2D eigenvalue weighted by Gasteiger charge is -2.31. The molecule has 0 saturated heterocycles. The molecular weight excluding hydrogens is 316 g/mol. The molecule has 0 bridgehead atoms. The molecule has 2 aromatic carbocycles. The van der Waals surface area contributed by atoms with Gasteiger partial charge in [0, 0.05) is 5.92 Å². The average Bonchev–Trinajstić information content (AvgIpc) is 2.68. The number of hydrazone groups is 1. The zero-order valence-corrected chi connectivity index (χ0v) is 15.7. The zero-order chi connectivity index (χ0) is 17.8. The fourth-order valence-corrected chi connectivity index (χ4v) is 4.26. The van der Waals surface area contributed by atoms with E-state index < -0.39 is 0 Å². The van der Waals surface area contributed by atoms with Crippen molar-refractivity contribution in [2.24, 2.45) is 11.0 Å². The van der Waals surface area contributed by atoms with Gasteiger partial charge in [-0.15, -0.1) is 0 Å². The molecule has 2 nitrogen and oxygen atoms in total. The monoisotopic (exact) mass is 344 g/mol. The number of benzene rings is 2. The van der Waals surface area contributed by atoms with Crippen LogP contribution in [0.4, 0.5) is 0 Å². The lowest BCUT2D eigenvalue weighted by atomic mass is 9.78. The van der Waals surface area contributed by atoms with Gasteiger partial charge in [-0.1, -0.05) is 80.8 Å². The second kappa shape index (κ2) is 7.90. The number of hydrogen-bond donors (Lipinski definition) is 1. The van der Waals surface area contributed by atoms with Gasteiger partial charge in [0.05, 0.1) is 11.4 Å². The summed E-state index contributed by atoms with van der Waals surface area (Å²) in [5, 5.41) is 4.87. The van der Waals surface area contributed by atoms with Crippen LogP contribution in [0.25, 0.3) is 5.70 Å². The normalized spacial score (nSPS) is 20.5. The van der Waals surface area contributed by atoms with E-state index in [1.807, 2.05) is 0 Å². The van der Waals surface area contributed by atoms with E-state index in [2.05, 4.69) is 66.9 Å². The second-order valence-electron chi connectivity index (χ2n) is 7.43. The molecule has 1 heterocycles. The molecule has 2 aliphatic rings. The van der Waals surface area contributed by atoms with E-state index >= 15 is 0 Å². The number of hydrogen-bond acceptors (Lipinski definition) is 2. The van der Waals surface area contributed by atoms with Crippen LogP contribution in [0.1, 0.15) is 62.1 Å². The third-order valence-corrected chi connectivity index (χ3v) is 5.77. The predicted octanol–water partition coefficient (Wildman–Crippen LogP) is 5.94. The van der Waals surface area contributed by atoms with Crippen LogP contribution in [0.15, 0.2) is 65.3 Å². The largest absolute Gasteiger partial charge is 0.278 e.